The van der Waals surface area contributed by atoms with Crippen molar-refractivity contribution in [2.45, 2.75) is 12.5 Å². The molecule has 1 fully saturated rings. The number of nitrogens with zero attached hydrogens (tertiary/aromatic N) is 1. The van der Waals surface area contributed by atoms with Gasteiger partial charge in [0, 0.05) is 23.7 Å². The van der Waals surface area contributed by atoms with E-state index in [9.17, 15) is 4.79 Å². The molecule has 2 aromatic carbocycles. The minimum atomic E-state index is -0.0949. The molecule has 26 heavy (non-hydrogen) atoms. The Labute approximate surface area is 167 Å². The van der Waals surface area contributed by atoms with E-state index in [0.29, 0.717) is 33.8 Å². The predicted octanol–water partition coefficient (Wildman–Crippen LogP) is 4.09. The van der Waals surface area contributed by atoms with Crippen LogP contribution in [0.1, 0.15) is 6.42 Å². The summed E-state index contributed by atoms with van der Waals surface area (Å²) in [5.74, 6) is 0.787. The molecule has 3 rings (SSSR count). The van der Waals surface area contributed by atoms with Crippen molar-refractivity contribution < 1.29 is 9.53 Å². The molecular formula is C18H17Cl2N3O2S. The average molecular weight is 410 g/mol. The number of rotatable bonds is 4. The molecule has 1 heterocycles. The minimum absolute atomic E-state index is 0.0382. The van der Waals surface area contributed by atoms with Crippen molar-refractivity contribution >= 4 is 57.8 Å². The van der Waals surface area contributed by atoms with Gasteiger partial charge in [-0.1, -0.05) is 23.2 Å². The number of carbonyl (C=O) groups excluding carboxylic acids is 1. The number of carbonyl (C=O) groups is 1. The number of anilines is 2. The third kappa shape index (κ3) is 4.38. The second kappa shape index (κ2) is 8.12. The molecule has 1 atom stereocenters. The van der Waals surface area contributed by atoms with Gasteiger partial charge in [-0.05, 0) is 54.7 Å². The fourth-order valence-electron chi connectivity index (χ4n) is 2.75. The lowest BCUT2D eigenvalue weighted by Crippen LogP contribution is -2.39. The molecule has 0 aromatic heterocycles. The van der Waals surface area contributed by atoms with Crippen LogP contribution in [0.15, 0.2) is 42.5 Å². The van der Waals surface area contributed by atoms with Gasteiger partial charge in [0.1, 0.15) is 5.75 Å². The van der Waals surface area contributed by atoms with Gasteiger partial charge in [0.2, 0.25) is 5.91 Å². The summed E-state index contributed by atoms with van der Waals surface area (Å²) in [4.78, 5) is 14.1. The number of halogens is 2. The Bertz CT molecular complexity index is 830. The Morgan fingerprint density at radius 1 is 1.23 bits per heavy atom. The molecule has 5 nitrogen and oxygen atoms in total. The Morgan fingerprint density at radius 2 is 1.96 bits per heavy atom. The first-order valence-corrected chi connectivity index (χ1v) is 9.09. The maximum Gasteiger partial charge on any atom is 0.229 e. The number of ether oxygens (including phenoxy) is 1. The zero-order chi connectivity index (χ0) is 18.7. The van der Waals surface area contributed by atoms with E-state index in [1.807, 2.05) is 24.3 Å². The summed E-state index contributed by atoms with van der Waals surface area (Å²) in [6.07, 6.45) is 0.358. The van der Waals surface area contributed by atoms with Gasteiger partial charge in [-0.3, -0.25) is 4.79 Å². The highest BCUT2D eigenvalue weighted by Crippen LogP contribution is 2.26. The van der Waals surface area contributed by atoms with E-state index in [1.54, 1.807) is 30.2 Å². The van der Waals surface area contributed by atoms with Crippen molar-refractivity contribution in [2.24, 2.45) is 0 Å². The maximum absolute atomic E-state index is 12.3. The third-order valence-corrected chi connectivity index (χ3v) is 4.81. The molecule has 136 valence electrons. The quantitative estimate of drug-likeness (QED) is 0.744. The van der Waals surface area contributed by atoms with E-state index in [-0.39, 0.29) is 11.9 Å². The van der Waals surface area contributed by atoms with Gasteiger partial charge in [-0.25, -0.2) is 0 Å². The number of nitrogens with one attached hydrogen (secondary N) is 2. The number of methoxy groups -OCH3 is 1. The van der Waals surface area contributed by atoms with E-state index in [1.165, 1.54) is 0 Å². The molecule has 2 N–H and O–H groups in total. The minimum Gasteiger partial charge on any atom is -0.497 e. The molecule has 0 aliphatic carbocycles. The predicted molar refractivity (Wildman–Crippen MR) is 110 cm³/mol. The molecule has 0 radical (unpaired) electrons. The van der Waals surface area contributed by atoms with E-state index < -0.39 is 0 Å². The first-order chi connectivity index (χ1) is 12.5. The topological polar surface area (TPSA) is 53.6 Å². The van der Waals surface area contributed by atoms with Crippen molar-refractivity contribution in [1.82, 2.24) is 5.32 Å². The zero-order valence-electron chi connectivity index (χ0n) is 14.0. The first kappa shape index (κ1) is 18.8. The van der Waals surface area contributed by atoms with Crippen LogP contribution in [-0.2, 0) is 4.79 Å². The second-order valence-electron chi connectivity index (χ2n) is 5.83. The summed E-state index contributed by atoms with van der Waals surface area (Å²) in [7, 11) is 1.61. The van der Waals surface area contributed by atoms with Crippen LogP contribution in [0, 0.1) is 0 Å². The van der Waals surface area contributed by atoms with Crippen molar-refractivity contribution in [1.29, 1.82) is 0 Å². The smallest absolute Gasteiger partial charge is 0.229 e. The molecule has 0 saturated carbocycles. The molecule has 1 aliphatic heterocycles. The number of benzene rings is 2. The van der Waals surface area contributed by atoms with Crippen LogP contribution < -0.4 is 20.3 Å². The molecule has 0 bridgehead atoms. The number of hydrogen-bond acceptors (Lipinski definition) is 3. The standard InChI is InChI=1S/C18H17Cl2N3O2S/c1-25-14-5-3-13(4-6-14)23-10-12(9-17(23)24)21-18(26)22-16-8-11(19)2-7-15(16)20/h2-8,12H,9-10H2,1H3,(H2,21,22,26). The highest BCUT2D eigenvalue weighted by molar-refractivity contribution is 7.80. The van der Waals surface area contributed by atoms with Gasteiger partial charge in [0.05, 0.1) is 23.9 Å². The first-order valence-electron chi connectivity index (χ1n) is 7.93. The Hall–Kier alpha value is -2.02. The summed E-state index contributed by atoms with van der Waals surface area (Å²) in [5, 5.41) is 7.64. The van der Waals surface area contributed by atoms with Crippen LogP contribution in [-0.4, -0.2) is 30.7 Å². The number of amides is 1. The van der Waals surface area contributed by atoms with Gasteiger partial charge >= 0.3 is 0 Å². The fourth-order valence-corrected chi connectivity index (χ4v) is 3.37. The molecule has 1 amide bonds. The van der Waals surface area contributed by atoms with Crippen LogP contribution in [0.5, 0.6) is 5.75 Å². The number of hydrogen-bond donors (Lipinski definition) is 2. The van der Waals surface area contributed by atoms with Gasteiger partial charge in [0.15, 0.2) is 5.11 Å². The Morgan fingerprint density at radius 3 is 2.65 bits per heavy atom. The van der Waals surface area contributed by atoms with E-state index in [2.05, 4.69) is 10.6 Å². The second-order valence-corrected chi connectivity index (χ2v) is 7.08. The highest BCUT2D eigenvalue weighted by atomic mass is 35.5. The van der Waals surface area contributed by atoms with Gasteiger partial charge in [-0.2, -0.15) is 0 Å². The lowest BCUT2D eigenvalue weighted by Gasteiger charge is -2.19. The monoisotopic (exact) mass is 409 g/mol. The molecule has 8 heteroatoms. The van der Waals surface area contributed by atoms with Crippen LogP contribution in [0.25, 0.3) is 0 Å². The average Bonchev–Trinajstić information content (AvgIpc) is 2.98. The van der Waals surface area contributed by atoms with Crippen LogP contribution in [0.3, 0.4) is 0 Å². The summed E-state index contributed by atoms with van der Waals surface area (Å²) >= 11 is 17.4. The van der Waals surface area contributed by atoms with Crippen molar-refractivity contribution in [3.63, 3.8) is 0 Å². The summed E-state index contributed by atoms with van der Waals surface area (Å²) in [6, 6.07) is 12.4. The van der Waals surface area contributed by atoms with Crippen LogP contribution >= 0.6 is 35.4 Å². The SMILES string of the molecule is COc1ccc(N2CC(NC(=S)Nc3cc(Cl)ccc3Cl)CC2=O)cc1. The zero-order valence-corrected chi connectivity index (χ0v) is 16.3. The van der Waals surface area contributed by atoms with Crippen molar-refractivity contribution in [2.75, 3.05) is 23.9 Å². The molecule has 2 aromatic rings. The van der Waals surface area contributed by atoms with E-state index in [0.717, 1.165) is 11.4 Å². The Balaban J connectivity index is 1.61. The largest absolute Gasteiger partial charge is 0.497 e. The van der Waals surface area contributed by atoms with E-state index >= 15 is 0 Å². The number of thiocarbonyl (C=S) groups is 1. The lowest BCUT2D eigenvalue weighted by atomic mass is 10.2. The summed E-state index contributed by atoms with van der Waals surface area (Å²) in [6.45, 7) is 0.524. The van der Waals surface area contributed by atoms with Crippen LogP contribution in [0.2, 0.25) is 10.0 Å². The van der Waals surface area contributed by atoms with Crippen molar-refractivity contribution in [3.05, 3.63) is 52.5 Å². The Kier molecular flexibility index (Phi) is 5.86. The molecule has 1 unspecified atom stereocenters. The molecule has 0 spiro atoms. The highest BCUT2D eigenvalue weighted by Gasteiger charge is 2.31. The summed E-state index contributed by atoms with van der Waals surface area (Å²) < 4.78 is 5.15. The van der Waals surface area contributed by atoms with Gasteiger partial charge < -0.3 is 20.3 Å². The lowest BCUT2D eigenvalue weighted by molar-refractivity contribution is -0.117. The van der Waals surface area contributed by atoms with E-state index in [4.69, 9.17) is 40.2 Å². The molecule has 1 saturated heterocycles. The normalized spacial score (nSPS) is 16.5. The maximum atomic E-state index is 12.3. The van der Waals surface area contributed by atoms with Gasteiger partial charge in [0.25, 0.3) is 0 Å². The molecule has 1 aliphatic rings. The summed E-state index contributed by atoms with van der Waals surface area (Å²) in [5.41, 5.74) is 1.45. The van der Waals surface area contributed by atoms with Crippen LogP contribution in [0.4, 0.5) is 11.4 Å². The van der Waals surface area contributed by atoms with Crippen molar-refractivity contribution in [3.8, 4) is 5.75 Å². The fraction of sp³-hybridized carbons (Fsp3) is 0.222. The third-order valence-electron chi connectivity index (χ3n) is 4.02. The molecular weight excluding hydrogens is 393 g/mol. The van der Waals surface area contributed by atoms with Gasteiger partial charge in [-0.15, -0.1) is 0 Å².